The highest BCUT2D eigenvalue weighted by Gasteiger charge is 2.37. The first-order valence-electron chi connectivity index (χ1n) is 9.56. The fraction of sp³-hybridized carbons (Fsp3) is 0.500. The molecule has 0 radical (unpaired) electrons. The van der Waals surface area contributed by atoms with Crippen LogP contribution in [0.2, 0.25) is 18.1 Å². The molecule has 0 fully saturated rings. The number of aromatic nitrogens is 1. The van der Waals surface area contributed by atoms with E-state index in [4.69, 9.17) is 9.41 Å². The van der Waals surface area contributed by atoms with E-state index in [0.717, 1.165) is 24.4 Å². The zero-order chi connectivity index (χ0) is 19.2. The van der Waals surface area contributed by atoms with Gasteiger partial charge in [-0.05, 0) is 55.7 Å². The number of hydrogen-bond donors (Lipinski definition) is 1. The minimum atomic E-state index is -1.75. The van der Waals surface area contributed by atoms with Gasteiger partial charge in [0.2, 0.25) is 0 Å². The Balaban J connectivity index is 1.89. The third-order valence-corrected chi connectivity index (χ3v) is 9.84. The number of hydrogen-bond acceptors (Lipinski definition) is 3. The molecule has 0 saturated carbocycles. The molecule has 1 heterocycles. The predicted octanol–water partition coefficient (Wildman–Crippen LogP) is 5.50. The molecule has 2 rings (SSSR count). The van der Waals surface area contributed by atoms with Gasteiger partial charge in [0.15, 0.2) is 8.32 Å². The van der Waals surface area contributed by atoms with Crippen LogP contribution < -0.4 is 5.32 Å². The Hall–Kier alpha value is -1.49. The average molecular weight is 371 g/mol. The summed E-state index contributed by atoms with van der Waals surface area (Å²) in [6.45, 7) is 15.1. The van der Waals surface area contributed by atoms with Crippen molar-refractivity contribution in [2.24, 2.45) is 0 Å². The van der Waals surface area contributed by atoms with E-state index in [1.165, 1.54) is 5.56 Å². The van der Waals surface area contributed by atoms with Gasteiger partial charge in [-0.2, -0.15) is 0 Å². The maximum absolute atomic E-state index is 6.31. The Morgan fingerprint density at radius 2 is 1.73 bits per heavy atom. The van der Waals surface area contributed by atoms with Crippen molar-refractivity contribution < 1.29 is 4.43 Å². The van der Waals surface area contributed by atoms with E-state index in [1.54, 1.807) is 0 Å². The van der Waals surface area contributed by atoms with Crippen LogP contribution in [0.5, 0.6) is 0 Å². The molecule has 0 saturated heterocycles. The second-order valence-corrected chi connectivity index (χ2v) is 13.3. The van der Waals surface area contributed by atoms with Crippen LogP contribution in [0.25, 0.3) is 0 Å². The molecule has 0 bridgehead atoms. The van der Waals surface area contributed by atoms with Crippen molar-refractivity contribution in [2.45, 2.75) is 64.9 Å². The smallest absolute Gasteiger partial charge is 0.192 e. The van der Waals surface area contributed by atoms with E-state index < -0.39 is 8.32 Å². The van der Waals surface area contributed by atoms with Crippen molar-refractivity contribution in [2.75, 3.05) is 6.54 Å². The minimum Gasteiger partial charge on any atom is -0.411 e. The highest BCUT2D eigenvalue weighted by molar-refractivity contribution is 6.74. The lowest BCUT2D eigenvalue weighted by Gasteiger charge is -2.36. The highest BCUT2D eigenvalue weighted by Crippen LogP contribution is 2.36. The van der Waals surface area contributed by atoms with Crippen LogP contribution in [0.15, 0.2) is 48.5 Å². The molecule has 0 aliphatic rings. The summed E-state index contributed by atoms with van der Waals surface area (Å²) in [6.07, 6.45) is 1.03. The number of benzene rings is 1. The van der Waals surface area contributed by atoms with Gasteiger partial charge in [-0.25, -0.2) is 0 Å². The largest absolute Gasteiger partial charge is 0.411 e. The predicted molar refractivity (Wildman–Crippen MR) is 113 cm³/mol. The van der Waals surface area contributed by atoms with Crippen LogP contribution in [0, 0.1) is 0 Å². The van der Waals surface area contributed by atoms with E-state index in [-0.39, 0.29) is 11.1 Å². The van der Waals surface area contributed by atoms with E-state index in [0.29, 0.717) is 6.61 Å². The van der Waals surface area contributed by atoms with Gasteiger partial charge in [-0.15, -0.1) is 0 Å². The van der Waals surface area contributed by atoms with Gasteiger partial charge in [0.05, 0.1) is 18.0 Å². The summed E-state index contributed by atoms with van der Waals surface area (Å²) in [7, 11) is -1.75. The number of nitrogens with zero attached hydrogens (tertiary/aromatic N) is 1. The van der Waals surface area contributed by atoms with Crippen LogP contribution in [0.3, 0.4) is 0 Å². The van der Waals surface area contributed by atoms with E-state index in [9.17, 15) is 0 Å². The van der Waals surface area contributed by atoms with Gasteiger partial charge >= 0.3 is 0 Å². The quantitative estimate of drug-likeness (QED) is 0.623. The number of nitrogens with one attached hydrogen (secondary N) is 1. The molecule has 1 aromatic heterocycles. The van der Waals surface area contributed by atoms with Crippen LogP contribution in [-0.2, 0) is 17.5 Å². The Morgan fingerprint density at radius 3 is 2.38 bits per heavy atom. The molecule has 26 heavy (non-hydrogen) atoms. The normalized spacial score (nSPS) is 13.6. The Labute approximate surface area is 160 Å². The second-order valence-electron chi connectivity index (χ2n) is 8.51. The van der Waals surface area contributed by atoms with Crippen LogP contribution in [0.4, 0.5) is 0 Å². The lowest BCUT2D eigenvalue weighted by Crippen LogP contribution is -2.40. The van der Waals surface area contributed by atoms with E-state index >= 15 is 0 Å². The zero-order valence-electron chi connectivity index (χ0n) is 17.2. The Kier molecular flexibility index (Phi) is 7.15. The van der Waals surface area contributed by atoms with Crippen molar-refractivity contribution in [3.05, 3.63) is 65.5 Å². The first kappa shape index (κ1) is 20.8. The first-order valence-corrected chi connectivity index (χ1v) is 12.5. The van der Waals surface area contributed by atoms with Crippen molar-refractivity contribution in [1.29, 1.82) is 0 Å². The topological polar surface area (TPSA) is 34.1 Å². The van der Waals surface area contributed by atoms with Gasteiger partial charge in [0, 0.05) is 6.04 Å². The molecule has 0 amide bonds. The summed E-state index contributed by atoms with van der Waals surface area (Å²) >= 11 is 0. The third kappa shape index (κ3) is 6.04. The van der Waals surface area contributed by atoms with Gasteiger partial charge < -0.3 is 9.74 Å². The molecule has 0 aliphatic heterocycles. The van der Waals surface area contributed by atoms with Crippen LogP contribution in [0.1, 0.15) is 50.7 Å². The van der Waals surface area contributed by atoms with Gasteiger partial charge in [-0.3, -0.25) is 4.98 Å². The minimum absolute atomic E-state index is 0.219. The third-order valence-electron chi connectivity index (χ3n) is 5.37. The van der Waals surface area contributed by atoms with Crippen LogP contribution in [-0.4, -0.2) is 19.8 Å². The summed E-state index contributed by atoms with van der Waals surface area (Å²) < 4.78 is 6.31. The summed E-state index contributed by atoms with van der Waals surface area (Å²) in [5.74, 6) is 0. The summed E-state index contributed by atoms with van der Waals surface area (Å²) in [5, 5.41) is 3.80. The highest BCUT2D eigenvalue weighted by atomic mass is 28.4. The average Bonchev–Trinajstić information content (AvgIpc) is 2.60. The molecular formula is C22H34N2OSi. The molecule has 3 nitrogen and oxygen atoms in total. The van der Waals surface area contributed by atoms with Crippen molar-refractivity contribution in [1.82, 2.24) is 10.3 Å². The van der Waals surface area contributed by atoms with E-state index in [1.807, 2.05) is 0 Å². The SMILES string of the molecule is CC(NCCc1ccccc1)c1cccc(CO[Si](C)(C)C(C)(C)C)n1. The zero-order valence-corrected chi connectivity index (χ0v) is 18.2. The van der Waals surface area contributed by atoms with Gasteiger partial charge in [0.25, 0.3) is 0 Å². The molecule has 4 heteroatoms. The van der Waals surface area contributed by atoms with Crippen molar-refractivity contribution in [3.63, 3.8) is 0 Å². The maximum atomic E-state index is 6.31. The lowest BCUT2D eigenvalue weighted by atomic mass is 10.1. The Bertz CT molecular complexity index is 680. The molecule has 0 spiro atoms. The molecule has 1 aromatic carbocycles. The van der Waals surface area contributed by atoms with Gasteiger partial charge in [0.1, 0.15) is 0 Å². The molecule has 1 atom stereocenters. The fourth-order valence-corrected chi connectivity index (χ4v) is 3.41. The number of rotatable bonds is 8. The Morgan fingerprint density at radius 1 is 1.04 bits per heavy atom. The lowest BCUT2D eigenvalue weighted by molar-refractivity contribution is 0.271. The van der Waals surface area contributed by atoms with E-state index in [2.05, 4.69) is 94.6 Å². The molecule has 1 N–H and O–H groups in total. The molecule has 0 aliphatic carbocycles. The molecular weight excluding hydrogens is 336 g/mol. The first-order chi connectivity index (χ1) is 12.2. The van der Waals surface area contributed by atoms with Crippen molar-refractivity contribution in [3.8, 4) is 0 Å². The van der Waals surface area contributed by atoms with Crippen molar-refractivity contribution >= 4 is 8.32 Å². The monoisotopic (exact) mass is 370 g/mol. The van der Waals surface area contributed by atoms with Gasteiger partial charge in [-0.1, -0.05) is 57.2 Å². The maximum Gasteiger partial charge on any atom is 0.192 e. The molecule has 142 valence electrons. The summed E-state index contributed by atoms with van der Waals surface area (Å²) in [6, 6.07) is 17.0. The standard InChI is InChI=1S/C22H34N2OSi/c1-18(23-16-15-19-11-8-7-9-12-19)21-14-10-13-20(24-21)17-25-26(5,6)22(2,3)4/h7-14,18,23H,15-17H2,1-6H3. The number of pyridine rings is 1. The fourth-order valence-electron chi connectivity index (χ4n) is 2.47. The van der Waals surface area contributed by atoms with Crippen LogP contribution >= 0.6 is 0 Å². The molecule has 1 unspecified atom stereocenters. The summed E-state index contributed by atoms with van der Waals surface area (Å²) in [4.78, 5) is 4.82. The summed E-state index contributed by atoms with van der Waals surface area (Å²) in [5.41, 5.74) is 3.45. The second kappa shape index (κ2) is 8.93. The molecule has 2 aromatic rings.